The third kappa shape index (κ3) is 3.28. The van der Waals surface area contributed by atoms with E-state index >= 15 is 0 Å². The van der Waals surface area contributed by atoms with E-state index in [1.54, 1.807) is 42.0 Å². The van der Waals surface area contributed by atoms with Crippen LogP contribution in [0.5, 0.6) is 0 Å². The number of anilines is 1. The molecule has 0 aliphatic rings. The Labute approximate surface area is 171 Å². The molecule has 1 aromatic carbocycles. The number of hydrogen-bond acceptors (Lipinski definition) is 6. The Morgan fingerprint density at radius 2 is 2.03 bits per heavy atom. The fourth-order valence-corrected chi connectivity index (χ4v) is 3.31. The van der Waals surface area contributed by atoms with E-state index in [0.29, 0.717) is 5.65 Å². The summed E-state index contributed by atoms with van der Waals surface area (Å²) >= 11 is 0. The zero-order valence-corrected chi connectivity index (χ0v) is 16.7. The largest absolute Gasteiger partial charge is 0.315 e. The van der Waals surface area contributed by atoms with Gasteiger partial charge in [0, 0.05) is 36.1 Å². The molecule has 0 bridgehead atoms. The second-order valence-electron chi connectivity index (χ2n) is 6.82. The minimum absolute atomic E-state index is 0.102. The number of aryl methyl sites for hydroxylation is 2. The van der Waals surface area contributed by atoms with Gasteiger partial charge in [0.15, 0.2) is 11.3 Å². The smallest absolute Gasteiger partial charge is 0.293 e. The fraction of sp³-hybridized carbons (Fsp3) is 0.200. The molecule has 10 heteroatoms. The molecule has 10 nitrogen and oxygen atoms in total. The Morgan fingerprint density at radius 3 is 2.73 bits per heavy atom. The van der Waals surface area contributed by atoms with E-state index < -0.39 is 10.8 Å². The molecule has 0 fully saturated rings. The van der Waals surface area contributed by atoms with Gasteiger partial charge in [0.1, 0.15) is 5.69 Å². The Hall–Kier alpha value is -4.08. The van der Waals surface area contributed by atoms with E-state index in [1.165, 1.54) is 12.1 Å². The van der Waals surface area contributed by atoms with Crippen molar-refractivity contribution < 1.29 is 9.72 Å². The van der Waals surface area contributed by atoms with E-state index in [-0.39, 0.29) is 17.1 Å². The highest BCUT2D eigenvalue weighted by Gasteiger charge is 2.20. The lowest BCUT2D eigenvalue weighted by atomic mass is 10.2. The second kappa shape index (κ2) is 7.39. The Morgan fingerprint density at radius 1 is 1.23 bits per heavy atom. The first-order chi connectivity index (χ1) is 14.4. The molecule has 0 saturated carbocycles. The quantitative estimate of drug-likeness (QED) is 0.401. The van der Waals surface area contributed by atoms with E-state index in [9.17, 15) is 14.9 Å². The van der Waals surface area contributed by atoms with Gasteiger partial charge in [-0.1, -0.05) is 6.07 Å². The van der Waals surface area contributed by atoms with E-state index in [0.717, 1.165) is 29.1 Å². The number of fused-ring (bicyclic) bond motifs is 1. The van der Waals surface area contributed by atoms with Crippen LogP contribution in [0.4, 0.5) is 11.4 Å². The van der Waals surface area contributed by atoms with Crippen LogP contribution in [0.1, 0.15) is 28.7 Å². The monoisotopic (exact) mass is 405 g/mol. The molecule has 3 heterocycles. The summed E-state index contributed by atoms with van der Waals surface area (Å²) in [6.45, 7) is 6.46. The summed E-state index contributed by atoms with van der Waals surface area (Å²) in [7, 11) is 0. The van der Waals surface area contributed by atoms with E-state index in [1.807, 2.05) is 18.5 Å². The molecule has 0 aliphatic carbocycles. The lowest BCUT2D eigenvalue weighted by Crippen LogP contribution is -2.14. The van der Waals surface area contributed by atoms with Crippen LogP contribution in [0, 0.1) is 24.0 Å². The van der Waals surface area contributed by atoms with Crippen molar-refractivity contribution >= 4 is 22.9 Å². The predicted molar refractivity (Wildman–Crippen MR) is 110 cm³/mol. The highest BCUT2D eigenvalue weighted by atomic mass is 16.6. The van der Waals surface area contributed by atoms with Crippen molar-refractivity contribution in [3.05, 3.63) is 69.8 Å². The minimum Gasteiger partial charge on any atom is -0.315 e. The molecule has 0 saturated heterocycles. The van der Waals surface area contributed by atoms with Gasteiger partial charge in [0.05, 0.1) is 16.8 Å². The average molecular weight is 405 g/mol. The SMILES string of the molecule is CCn1ncc(-c2ccnc3cc(C(=O)Nc4ccc(C)cc4[N+](=O)[O-])nn23)c1C. The number of benzene rings is 1. The van der Waals surface area contributed by atoms with Crippen LogP contribution in [0.15, 0.2) is 42.7 Å². The summed E-state index contributed by atoms with van der Waals surface area (Å²) in [4.78, 5) is 27.8. The zero-order chi connectivity index (χ0) is 21.4. The van der Waals surface area contributed by atoms with Crippen LogP contribution in [-0.2, 0) is 6.54 Å². The first-order valence-corrected chi connectivity index (χ1v) is 9.33. The number of carbonyl (C=O) groups is 1. The van der Waals surface area contributed by atoms with Gasteiger partial charge >= 0.3 is 0 Å². The molecule has 152 valence electrons. The number of aromatic nitrogens is 5. The number of nitro groups is 1. The van der Waals surface area contributed by atoms with Gasteiger partial charge in [-0.3, -0.25) is 19.6 Å². The van der Waals surface area contributed by atoms with Crippen molar-refractivity contribution in [2.75, 3.05) is 5.32 Å². The summed E-state index contributed by atoms with van der Waals surface area (Å²) in [5.41, 5.74) is 3.86. The van der Waals surface area contributed by atoms with Gasteiger partial charge in [-0.05, 0) is 38.5 Å². The average Bonchev–Trinajstić information content (AvgIpc) is 3.32. The summed E-state index contributed by atoms with van der Waals surface area (Å²) in [5.74, 6) is -0.556. The molecule has 3 aromatic heterocycles. The third-order valence-corrected chi connectivity index (χ3v) is 4.87. The number of rotatable bonds is 5. The zero-order valence-electron chi connectivity index (χ0n) is 16.7. The maximum absolute atomic E-state index is 12.8. The highest BCUT2D eigenvalue weighted by molar-refractivity contribution is 6.04. The van der Waals surface area contributed by atoms with Gasteiger partial charge in [-0.15, -0.1) is 0 Å². The molecular formula is C20H19N7O3. The molecule has 0 radical (unpaired) electrons. The van der Waals surface area contributed by atoms with Crippen LogP contribution in [-0.4, -0.2) is 35.2 Å². The van der Waals surface area contributed by atoms with Crippen molar-refractivity contribution in [3.8, 4) is 11.3 Å². The van der Waals surface area contributed by atoms with Crippen molar-refractivity contribution in [3.63, 3.8) is 0 Å². The second-order valence-corrected chi connectivity index (χ2v) is 6.82. The molecule has 0 atom stereocenters. The molecule has 1 N–H and O–H groups in total. The van der Waals surface area contributed by atoms with Crippen molar-refractivity contribution in [1.82, 2.24) is 24.4 Å². The van der Waals surface area contributed by atoms with Gasteiger partial charge in [0.2, 0.25) is 0 Å². The number of hydrogen-bond donors (Lipinski definition) is 1. The van der Waals surface area contributed by atoms with E-state index in [4.69, 9.17) is 0 Å². The Kier molecular flexibility index (Phi) is 4.74. The normalized spacial score (nSPS) is 11.0. The maximum atomic E-state index is 12.8. The highest BCUT2D eigenvalue weighted by Crippen LogP contribution is 2.27. The predicted octanol–water partition coefficient (Wildman–Crippen LogP) is 3.39. The molecule has 4 aromatic rings. The first-order valence-electron chi connectivity index (χ1n) is 9.33. The number of nitrogens with one attached hydrogen (secondary N) is 1. The van der Waals surface area contributed by atoms with Crippen LogP contribution in [0.3, 0.4) is 0 Å². The van der Waals surface area contributed by atoms with Crippen LogP contribution in [0.25, 0.3) is 16.9 Å². The lowest BCUT2D eigenvalue weighted by molar-refractivity contribution is -0.384. The molecular weight excluding hydrogens is 386 g/mol. The molecule has 1 amide bonds. The van der Waals surface area contributed by atoms with Gasteiger partial charge in [-0.25, -0.2) is 9.50 Å². The lowest BCUT2D eigenvalue weighted by Gasteiger charge is -2.05. The van der Waals surface area contributed by atoms with E-state index in [2.05, 4.69) is 20.5 Å². The summed E-state index contributed by atoms with van der Waals surface area (Å²) in [6, 6.07) is 7.95. The van der Waals surface area contributed by atoms with Crippen LogP contribution < -0.4 is 5.32 Å². The van der Waals surface area contributed by atoms with Crippen molar-refractivity contribution in [2.24, 2.45) is 0 Å². The minimum atomic E-state index is -0.556. The number of amides is 1. The van der Waals surface area contributed by atoms with Gasteiger partial charge in [0.25, 0.3) is 11.6 Å². The first kappa shape index (κ1) is 19.2. The fourth-order valence-electron chi connectivity index (χ4n) is 3.31. The topological polar surface area (TPSA) is 120 Å². The molecule has 4 rings (SSSR count). The maximum Gasteiger partial charge on any atom is 0.293 e. The summed E-state index contributed by atoms with van der Waals surface area (Å²) in [6.07, 6.45) is 3.40. The number of nitro benzene ring substituents is 1. The molecule has 30 heavy (non-hydrogen) atoms. The molecule has 0 aliphatic heterocycles. The standard InChI is InChI=1S/C20H19N7O3/c1-4-25-13(3)14(11-22-25)17-7-8-21-19-10-16(24-26(17)19)20(28)23-15-6-5-12(2)9-18(15)27(29)30/h5-11H,4H2,1-3H3,(H,23,28). The Bertz CT molecular complexity index is 1290. The third-order valence-electron chi connectivity index (χ3n) is 4.87. The van der Waals surface area contributed by atoms with Crippen LogP contribution >= 0.6 is 0 Å². The van der Waals surface area contributed by atoms with Crippen molar-refractivity contribution in [1.29, 1.82) is 0 Å². The van der Waals surface area contributed by atoms with Gasteiger partial charge < -0.3 is 5.32 Å². The number of carbonyl (C=O) groups excluding carboxylic acids is 1. The molecule has 0 unspecified atom stereocenters. The number of nitrogens with zero attached hydrogens (tertiary/aromatic N) is 6. The molecule has 0 spiro atoms. The van der Waals surface area contributed by atoms with Crippen LogP contribution in [0.2, 0.25) is 0 Å². The summed E-state index contributed by atoms with van der Waals surface area (Å²) in [5, 5.41) is 22.6. The van der Waals surface area contributed by atoms with Crippen molar-refractivity contribution in [2.45, 2.75) is 27.3 Å². The van der Waals surface area contributed by atoms with Gasteiger partial charge in [-0.2, -0.15) is 10.2 Å². The summed E-state index contributed by atoms with van der Waals surface area (Å²) < 4.78 is 3.44. The Balaban J connectivity index is 1.72.